The summed E-state index contributed by atoms with van der Waals surface area (Å²) in [6.45, 7) is -5.23. The molecule has 3 aromatic carbocycles. The minimum atomic E-state index is -6.54. The van der Waals surface area contributed by atoms with E-state index in [4.69, 9.17) is 4.74 Å². The van der Waals surface area contributed by atoms with E-state index in [-0.39, 0.29) is 23.6 Å². The van der Waals surface area contributed by atoms with Crippen molar-refractivity contribution in [1.29, 1.82) is 0 Å². The second-order valence-electron chi connectivity index (χ2n) is 11.2. The molecule has 1 amide bonds. The molecule has 4 N–H and O–H groups in total. The van der Waals surface area contributed by atoms with Crippen molar-refractivity contribution in [2.45, 2.75) is 42.8 Å². The molecular weight excluding hydrogens is 784 g/mol. The highest BCUT2D eigenvalue weighted by Crippen LogP contribution is 2.44. The lowest BCUT2D eigenvalue weighted by atomic mass is 9.95. The molecule has 0 heterocycles. The van der Waals surface area contributed by atoms with Gasteiger partial charge in [0.25, 0.3) is 17.1 Å². The van der Waals surface area contributed by atoms with Crippen molar-refractivity contribution in [1.82, 2.24) is 0 Å². The van der Waals surface area contributed by atoms with Crippen molar-refractivity contribution in [2.75, 3.05) is 30.9 Å². The van der Waals surface area contributed by atoms with Gasteiger partial charge in [-0.2, -0.15) is 52.7 Å². The summed E-state index contributed by atoms with van der Waals surface area (Å²) in [5, 5.41) is 23.7. The van der Waals surface area contributed by atoms with Crippen LogP contribution in [0.2, 0.25) is 0 Å². The molecule has 0 aliphatic carbocycles. The third-order valence-electron chi connectivity index (χ3n) is 7.41. The van der Waals surface area contributed by atoms with Crippen molar-refractivity contribution >= 4 is 35.0 Å². The number of hydrogen-bond acceptors (Lipinski definition) is 10. The van der Waals surface area contributed by atoms with Gasteiger partial charge in [-0.1, -0.05) is 0 Å². The number of halogens is 12. The molecule has 0 fully saturated rings. The van der Waals surface area contributed by atoms with Crippen molar-refractivity contribution < 1.29 is 96.3 Å². The van der Waals surface area contributed by atoms with E-state index < -0.39 is 95.0 Å². The summed E-state index contributed by atoms with van der Waals surface area (Å²) in [4.78, 5) is 51.5. The number of Topliss-reactive ketones (excluding diaryl/α,β-unsaturated/α-hetero) is 1. The molecule has 0 radical (unpaired) electrons. The molecule has 0 aromatic heterocycles. The maximum Gasteiger partial charge on any atom is 0.429 e. The van der Waals surface area contributed by atoms with Crippen molar-refractivity contribution in [3.05, 3.63) is 82.9 Å². The SMILES string of the molecule is CNc1ccc(Oc2ccc(NC(=O)c3cc(C(C)=O)c(C(=O)OCC(O)(C(F)(F)F)C(F)(F)F)cc3C(=O)OCC(O)(C(F)(F)F)C(F)(F)F)cc2)cc1. The Morgan fingerprint density at radius 2 is 0.909 bits per heavy atom. The Morgan fingerprint density at radius 3 is 1.25 bits per heavy atom. The first-order valence-electron chi connectivity index (χ1n) is 14.7. The van der Waals surface area contributed by atoms with Crippen LogP contribution in [-0.4, -0.2) is 90.0 Å². The van der Waals surface area contributed by atoms with E-state index in [2.05, 4.69) is 20.1 Å². The smallest absolute Gasteiger partial charge is 0.429 e. The number of anilines is 2. The van der Waals surface area contributed by atoms with Gasteiger partial charge in [-0.25, -0.2) is 9.59 Å². The van der Waals surface area contributed by atoms with Crippen LogP contribution in [0.15, 0.2) is 60.7 Å². The number of benzene rings is 3. The largest absolute Gasteiger partial charge is 0.458 e. The van der Waals surface area contributed by atoms with Crippen LogP contribution in [0, 0.1) is 0 Å². The quantitative estimate of drug-likeness (QED) is 0.0853. The molecule has 0 saturated carbocycles. The molecule has 0 bridgehead atoms. The van der Waals surface area contributed by atoms with Gasteiger partial charge in [0, 0.05) is 24.0 Å². The minimum Gasteiger partial charge on any atom is -0.458 e. The van der Waals surface area contributed by atoms with Crippen LogP contribution in [0.3, 0.4) is 0 Å². The summed E-state index contributed by atoms with van der Waals surface area (Å²) in [6.07, 6.45) is -26.1. The molecular formula is C32H24F12N2O9. The number of ketones is 1. The number of alkyl halides is 12. The van der Waals surface area contributed by atoms with Gasteiger partial charge in [0.05, 0.1) is 16.7 Å². The molecule has 3 rings (SSSR count). The summed E-state index contributed by atoms with van der Waals surface area (Å²) in [6, 6.07) is 11.7. The standard InChI is InChI=1S/C32H24F12N2O9/c1-15(47)20-11-21(24(48)46-17-5-9-19(10-6-17)55-18-7-3-16(45-2)4-8-18)23(26(50)54-14-28(52,31(39,40)41)32(42,43)44)12-22(20)25(49)53-13-27(51,29(33,34)35)30(36,37)38/h3-12,45,51-52H,13-14H2,1-2H3,(H,46,48). The van der Waals surface area contributed by atoms with E-state index in [1.165, 1.54) is 24.3 Å². The van der Waals surface area contributed by atoms with Crippen LogP contribution in [0.1, 0.15) is 48.4 Å². The zero-order valence-corrected chi connectivity index (χ0v) is 27.5. The lowest BCUT2D eigenvalue weighted by Gasteiger charge is -2.31. The number of carbonyl (C=O) groups is 4. The number of carbonyl (C=O) groups excluding carboxylic acids is 4. The van der Waals surface area contributed by atoms with Crippen molar-refractivity contribution in [3.63, 3.8) is 0 Å². The summed E-state index contributed by atoms with van der Waals surface area (Å²) >= 11 is 0. The van der Waals surface area contributed by atoms with Crippen LogP contribution in [0.4, 0.5) is 64.1 Å². The van der Waals surface area contributed by atoms with Crippen LogP contribution >= 0.6 is 0 Å². The number of esters is 2. The maximum absolute atomic E-state index is 13.4. The predicted octanol–water partition coefficient (Wildman–Crippen LogP) is 7.00. The van der Waals surface area contributed by atoms with Gasteiger partial charge in [-0.3, -0.25) is 9.59 Å². The zero-order chi connectivity index (χ0) is 41.9. The summed E-state index contributed by atoms with van der Waals surface area (Å²) in [5.41, 5.74) is -16.1. The fourth-order valence-corrected chi connectivity index (χ4v) is 4.19. The molecule has 0 atom stereocenters. The highest BCUT2D eigenvalue weighted by atomic mass is 19.4. The van der Waals surface area contributed by atoms with Gasteiger partial charge in [-0.05, 0) is 67.6 Å². The zero-order valence-electron chi connectivity index (χ0n) is 27.5. The Hall–Kier alpha value is -5.58. The topological polar surface area (TPSA) is 160 Å². The van der Waals surface area contributed by atoms with E-state index in [0.29, 0.717) is 12.7 Å². The van der Waals surface area contributed by atoms with Crippen molar-refractivity contribution in [3.8, 4) is 11.5 Å². The molecule has 0 saturated heterocycles. The Kier molecular flexibility index (Phi) is 12.5. The molecule has 3 aromatic rings. The molecule has 11 nitrogen and oxygen atoms in total. The maximum atomic E-state index is 13.4. The fourth-order valence-electron chi connectivity index (χ4n) is 4.19. The molecule has 0 unspecified atom stereocenters. The third-order valence-corrected chi connectivity index (χ3v) is 7.41. The molecule has 23 heteroatoms. The lowest BCUT2D eigenvalue weighted by molar-refractivity contribution is -0.375. The summed E-state index contributed by atoms with van der Waals surface area (Å²) in [7, 11) is 1.67. The van der Waals surface area contributed by atoms with Gasteiger partial charge in [-0.15, -0.1) is 0 Å². The Bertz CT molecular complexity index is 1880. The average molecular weight is 809 g/mol. The predicted molar refractivity (Wildman–Crippen MR) is 162 cm³/mol. The molecule has 0 aliphatic rings. The van der Waals surface area contributed by atoms with Crippen LogP contribution in [-0.2, 0) is 9.47 Å². The van der Waals surface area contributed by atoms with Crippen LogP contribution in [0.25, 0.3) is 0 Å². The number of nitrogens with one attached hydrogen (secondary N) is 2. The average Bonchev–Trinajstić information content (AvgIpc) is 3.07. The highest BCUT2D eigenvalue weighted by molar-refractivity contribution is 6.15. The van der Waals surface area contributed by atoms with E-state index in [1.807, 2.05) is 0 Å². The second kappa shape index (κ2) is 15.6. The van der Waals surface area contributed by atoms with Gasteiger partial charge in [0.2, 0.25) is 0 Å². The highest BCUT2D eigenvalue weighted by Gasteiger charge is 2.72. The van der Waals surface area contributed by atoms with Crippen molar-refractivity contribution in [2.24, 2.45) is 0 Å². The summed E-state index contributed by atoms with van der Waals surface area (Å²) < 4.78 is 172. The van der Waals surface area contributed by atoms with Gasteiger partial charge in [0.15, 0.2) is 5.78 Å². The van der Waals surface area contributed by atoms with Crippen LogP contribution < -0.4 is 15.4 Å². The molecule has 0 spiro atoms. The lowest BCUT2D eigenvalue weighted by Crippen LogP contribution is -2.60. The molecule has 0 aliphatic heterocycles. The number of hydrogen-bond donors (Lipinski definition) is 4. The first kappa shape index (κ1) is 43.8. The van der Waals surface area contributed by atoms with Gasteiger partial charge < -0.3 is 35.1 Å². The first-order chi connectivity index (χ1) is 25.1. The van der Waals surface area contributed by atoms with E-state index in [9.17, 15) is 82.1 Å². The Morgan fingerprint density at radius 1 is 0.564 bits per heavy atom. The number of rotatable bonds is 12. The van der Waals surface area contributed by atoms with Crippen LogP contribution in [0.5, 0.6) is 11.5 Å². The van der Waals surface area contributed by atoms with E-state index >= 15 is 0 Å². The third kappa shape index (κ3) is 9.57. The number of amides is 1. The van der Waals surface area contributed by atoms with E-state index in [0.717, 1.165) is 5.69 Å². The second-order valence-corrected chi connectivity index (χ2v) is 11.2. The monoisotopic (exact) mass is 808 g/mol. The van der Waals surface area contributed by atoms with E-state index in [1.54, 1.807) is 31.3 Å². The van der Waals surface area contributed by atoms with Gasteiger partial charge in [0.1, 0.15) is 24.7 Å². The number of aliphatic hydroxyl groups is 2. The normalized spacial score (nSPS) is 12.8. The minimum absolute atomic E-state index is 0.0208. The Labute approximate surface area is 299 Å². The number of ether oxygens (including phenoxy) is 3. The first-order valence-corrected chi connectivity index (χ1v) is 14.7. The fraction of sp³-hybridized carbons (Fsp3) is 0.312. The molecule has 300 valence electrons. The van der Waals surface area contributed by atoms with Gasteiger partial charge >= 0.3 is 36.6 Å². The molecule has 55 heavy (non-hydrogen) atoms. The summed E-state index contributed by atoms with van der Waals surface area (Å²) in [5.74, 6) is -6.97. The Balaban J connectivity index is 2.07.